The number of ether oxygens (including phenoxy) is 2. The van der Waals surface area contributed by atoms with Crippen LogP contribution in [0.5, 0.6) is 5.75 Å². The zero-order valence-corrected chi connectivity index (χ0v) is 36.5. The number of carbonyl (C=O) groups excluding carboxylic acids is 3. The smallest absolute Gasteiger partial charge is 0.359 e. The minimum absolute atomic E-state index is 0.0980. The van der Waals surface area contributed by atoms with Crippen molar-refractivity contribution in [2.45, 2.75) is 91.6 Å². The number of thiocarbonyl (C=S) groups is 1. The van der Waals surface area contributed by atoms with Crippen LogP contribution in [0.1, 0.15) is 72.1 Å². The number of amides is 1. The van der Waals surface area contributed by atoms with Gasteiger partial charge in [-0.1, -0.05) is 91.0 Å². The SMILES string of the molecule is CCS[C@@H]1[C@@H]([C@@H](C)O[Si](C)(C)C(C)(C)C)C(=O)N1C(C(=O)OCc1ccc([N+](=O)[O-])cc1)=C(Oc1ccc(C(=S)c2ccccc2)cc1)SC(=O)C(C)(C)C. The summed E-state index contributed by atoms with van der Waals surface area (Å²) in [6, 6.07) is 22.2. The molecule has 0 saturated carbocycles. The lowest BCUT2D eigenvalue weighted by Gasteiger charge is -2.51. The Hall–Kier alpha value is -3.82. The van der Waals surface area contributed by atoms with Crippen molar-refractivity contribution in [2.75, 3.05) is 5.75 Å². The molecule has 1 aliphatic heterocycles. The van der Waals surface area contributed by atoms with Crippen molar-refractivity contribution in [2.24, 2.45) is 11.3 Å². The molecule has 10 nitrogen and oxygen atoms in total. The number of nitro benzene ring substituents is 1. The molecule has 14 heteroatoms. The predicted molar refractivity (Wildman–Crippen MR) is 226 cm³/mol. The van der Waals surface area contributed by atoms with E-state index in [0.29, 0.717) is 21.9 Å². The van der Waals surface area contributed by atoms with E-state index in [1.54, 1.807) is 45.0 Å². The van der Waals surface area contributed by atoms with Crippen molar-refractivity contribution in [3.05, 3.63) is 116 Å². The van der Waals surface area contributed by atoms with Gasteiger partial charge in [-0.2, -0.15) is 0 Å². The number of thioether (sulfide) groups is 2. The molecule has 0 aromatic heterocycles. The van der Waals surface area contributed by atoms with Crippen LogP contribution in [0.3, 0.4) is 0 Å². The molecule has 0 unspecified atom stereocenters. The van der Waals surface area contributed by atoms with E-state index in [2.05, 4.69) is 33.9 Å². The van der Waals surface area contributed by atoms with Gasteiger partial charge < -0.3 is 13.9 Å². The second kappa shape index (κ2) is 18.0. The maximum atomic E-state index is 14.4. The van der Waals surface area contributed by atoms with Crippen LogP contribution in [0.4, 0.5) is 5.69 Å². The van der Waals surface area contributed by atoms with E-state index >= 15 is 0 Å². The molecule has 1 saturated heterocycles. The number of non-ortho nitro benzene ring substituents is 1. The van der Waals surface area contributed by atoms with Gasteiger partial charge in [0.1, 0.15) is 12.4 Å². The molecular formula is C41H50N2O8S3Si. The van der Waals surface area contributed by atoms with Gasteiger partial charge in [0.25, 0.3) is 5.69 Å². The molecule has 3 aromatic carbocycles. The fourth-order valence-electron chi connectivity index (χ4n) is 5.32. The molecule has 4 rings (SSSR count). The summed E-state index contributed by atoms with van der Waals surface area (Å²) in [6.45, 7) is 19.5. The summed E-state index contributed by atoms with van der Waals surface area (Å²) in [5.74, 6) is -0.901. The third-order valence-electron chi connectivity index (χ3n) is 9.52. The van der Waals surface area contributed by atoms with E-state index in [0.717, 1.165) is 22.9 Å². The van der Waals surface area contributed by atoms with Crippen LogP contribution in [0.15, 0.2) is 89.7 Å². The molecule has 0 N–H and O–H groups in total. The maximum Gasteiger partial charge on any atom is 0.359 e. The van der Waals surface area contributed by atoms with Crippen LogP contribution >= 0.6 is 35.7 Å². The normalized spacial score (nSPS) is 17.1. The highest BCUT2D eigenvalue weighted by Crippen LogP contribution is 2.46. The first-order valence-electron chi connectivity index (χ1n) is 18.0. The number of benzene rings is 3. The van der Waals surface area contributed by atoms with Crippen molar-refractivity contribution in [1.82, 2.24) is 4.90 Å². The Labute approximate surface area is 339 Å². The lowest BCUT2D eigenvalue weighted by molar-refractivity contribution is -0.384. The van der Waals surface area contributed by atoms with E-state index in [4.69, 9.17) is 26.1 Å². The Kier molecular flexibility index (Phi) is 14.3. The number of hydrogen-bond acceptors (Lipinski definition) is 11. The number of β-lactam (4-membered cyclic amide) rings is 1. The largest absolute Gasteiger partial charge is 0.456 e. The van der Waals surface area contributed by atoms with Crippen LogP contribution in [0.2, 0.25) is 18.1 Å². The summed E-state index contributed by atoms with van der Waals surface area (Å²) < 4.78 is 18.9. The minimum atomic E-state index is -2.29. The van der Waals surface area contributed by atoms with Crippen molar-refractivity contribution in [3.63, 3.8) is 0 Å². The lowest BCUT2D eigenvalue weighted by Crippen LogP contribution is -2.64. The Bertz CT molecular complexity index is 1920. The number of nitro groups is 1. The van der Waals surface area contributed by atoms with E-state index in [9.17, 15) is 24.5 Å². The van der Waals surface area contributed by atoms with Gasteiger partial charge >= 0.3 is 5.97 Å². The fraction of sp³-hybridized carbons (Fsp3) is 0.415. The molecule has 0 radical (unpaired) electrons. The van der Waals surface area contributed by atoms with Gasteiger partial charge in [0.2, 0.25) is 11.0 Å². The molecule has 294 valence electrons. The molecule has 55 heavy (non-hydrogen) atoms. The van der Waals surface area contributed by atoms with E-state index in [1.807, 2.05) is 44.2 Å². The third kappa shape index (κ3) is 10.7. The van der Waals surface area contributed by atoms with Gasteiger partial charge in [-0.15, -0.1) is 11.8 Å². The lowest BCUT2D eigenvalue weighted by atomic mass is 9.92. The van der Waals surface area contributed by atoms with Gasteiger partial charge in [-0.25, -0.2) is 4.79 Å². The highest BCUT2D eigenvalue weighted by atomic mass is 32.2. The van der Waals surface area contributed by atoms with Gasteiger partial charge in [-0.3, -0.25) is 24.6 Å². The van der Waals surface area contributed by atoms with Crippen LogP contribution in [0, 0.1) is 21.4 Å². The number of rotatable bonds is 15. The summed E-state index contributed by atoms with van der Waals surface area (Å²) in [5, 5.41) is 10.2. The third-order valence-corrected chi connectivity index (χ3v) is 17.0. The number of nitrogens with zero attached hydrogens (tertiary/aromatic N) is 2. The molecule has 0 aliphatic carbocycles. The number of carbonyl (C=O) groups is 3. The quantitative estimate of drug-likeness (QED) is 0.0167. The fourth-order valence-corrected chi connectivity index (χ4v) is 9.16. The topological polar surface area (TPSA) is 125 Å². The monoisotopic (exact) mass is 822 g/mol. The standard InChI is InChI=1S/C41H50N2O8S3Si/c1-11-53-36-32(26(2)51-55(9,10)41(6,7)8)35(44)42(36)33(37(45)49-25-27-17-21-30(22-18-27)43(47)48)38(54-39(46)40(3,4)5)50-31-23-19-29(20-24-31)34(52)28-15-13-12-14-16-28/h12-24,26,32,36H,11,25H2,1-10H3/t26-,32+,36-/m1/s1. The Morgan fingerprint density at radius 3 is 2.05 bits per heavy atom. The average Bonchev–Trinajstić information content (AvgIpc) is 3.11. The Balaban J connectivity index is 1.80. The summed E-state index contributed by atoms with van der Waals surface area (Å²) in [5.41, 5.74) is 0.991. The van der Waals surface area contributed by atoms with Crippen molar-refractivity contribution in [1.29, 1.82) is 0 Å². The number of hydrogen-bond donors (Lipinski definition) is 0. The van der Waals surface area contributed by atoms with Crippen LogP contribution in [0.25, 0.3) is 0 Å². The molecule has 1 amide bonds. The molecule has 3 atom stereocenters. The molecule has 1 heterocycles. The van der Waals surface area contributed by atoms with Gasteiger partial charge in [-0.05, 0) is 95.7 Å². The average molecular weight is 823 g/mol. The summed E-state index contributed by atoms with van der Waals surface area (Å²) in [6.07, 6.45) is -0.458. The van der Waals surface area contributed by atoms with E-state index < -0.39 is 42.0 Å². The first kappa shape index (κ1) is 43.9. The number of likely N-dealkylation sites (tertiary alicyclic amines) is 1. The van der Waals surface area contributed by atoms with Crippen molar-refractivity contribution in [3.8, 4) is 5.75 Å². The maximum absolute atomic E-state index is 14.4. The molecule has 0 spiro atoms. The minimum Gasteiger partial charge on any atom is -0.456 e. The Morgan fingerprint density at radius 2 is 1.53 bits per heavy atom. The summed E-state index contributed by atoms with van der Waals surface area (Å²) >= 11 is 7.94. The highest BCUT2D eigenvalue weighted by Gasteiger charge is 2.56. The molecular weight excluding hydrogens is 773 g/mol. The van der Waals surface area contributed by atoms with Crippen LogP contribution < -0.4 is 4.74 Å². The first-order valence-corrected chi connectivity index (χ1v) is 23.2. The Morgan fingerprint density at radius 1 is 0.945 bits per heavy atom. The van der Waals surface area contributed by atoms with E-state index in [-0.39, 0.29) is 39.1 Å². The predicted octanol–water partition coefficient (Wildman–Crippen LogP) is 9.91. The highest BCUT2D eigenvalue weighted by molar-refractivity contribution is 8.16. The van der Waals surface area contributed by atoms with Gasteiger partial charge in [0.15, 0.2) is 19.1 Å². The molecule has 1 fully saturated rings. The summed E-state index contributed by atoms with van der Waals surface area (Å²) in [4.78, 5) is 55.2. The zero-order chi connectivity index (χ0) is 40.9. The van der Waals surface area contributed by atoms with Gasteiger partial charge in [0, 0.05) is 17.5 Å². The second-order valence-electron chi connectivity index (χ2n) is 15.8. The van der Waals surface area contributed by atoms with E-state index in [1.165, 1.54) is 40.9 Å². The number of esters is 1. The second-order valence-corrected chi connectivity index (χ2v) is 23.3. The van der Waals surface area contributed by atoms with Crippen molar-refractivity contribution < 1.29 is 33.2 Å². The van der Waals surface area contributed by atoms with Crippen LogP contribution in [-0.4, -0.2) is 57.2 Å². The van der Waals surface area contributed by atoms with Crippen molar-refractivity contribution >= 4 is 71.6 Å². The van der Waals surface area contributed by atoms with Crippen LogP contribution in [-0.2, 0) is 30.2 Å². The molecule has 1 aliphatic rings. The zero-order valence-electron chi connectivity index (χ0n) is 33.0. The molecule has 3 aromatic rings. The van der Waals surface area contributed by atoms with Gasteiger partial charge in [0.05, 0.1) is 27.2 Å². The molecule has 0 bridgehead atoms. The first-order chi connectivity index (χ1) is 25.7. The summed E-state index contributed by atoms with van der Waals surface area (Å²) in [7, 11) is -2.29.